The standard InChI is InChI=1S/C22H30N4O/c1-14-9-15(2)26(25-14)13-16-5-3-8-19(10-16)22(27)24-21-17-6-4-7-18(21)12-20(23)11-17/h3,5,8-10,17-18,20-21H,4,6-7,11-13,23H2,1-2H3,(H,24,27). The van der Waals surface area contributed by atoms with E-state index in [0.29, 0.717) is 24.4 Å². The van der Waals surface area contributed by atoms with Crippen LogP contribution in [0.3, 0.4) is 0 Å². The Labute approximate surface area is 161 Å². The van der Waals surface area contributed by atoms with Crippen LogP contribution in [0.25, 0.3) is 0 Å². The van der Waals surface area contributed by atoms with Crippen LogP contribution < -0.4 is 11.1 Å². The van der Waals surface area contributed by atoms with Crippen molar-refractivity contribution in [2.45, 2.75) is 64.6 Å². The molecule has 27 heavy (non-hydrogen) atoms. The zero-order valence-corrected chi connectivity index (χ0v) is 16.3. The first-order valence-electron chi connectivity index (χ1n) is 10.2. The van der Waals surface area contributed by atoms with Crippen molar-refractivity contribution < 1.29 is 4.79 Å². The minimum Gasteiger partial charge on any atom is -0.349 e. The van der Waals surface area contributed by atoms with E-state index in [4.69, 9.17) is 5.73 Å². The zero-order valence-electron chi connectivity index (χ0n) is 16.3. The highest BCUT2D eigenvalue weighted by Gasteiger charge is 2.39. The lowest BCUT2D eigenvalue weighted by Gasteiger charge is -2.45. The third kappa shape index (κ3) is 3.93. The number of nitrogens with two attached hydrogens (primary N) is 1. The number of hydrogen-bond acceptors (Lipinski definition) is 3. The molecule has 3 N–H and O–H groups in total. The van der Waals surface area contributed by atoms with Crippen molar-refractivity contribution in [2.24, 2.45) is 17.6 Å². The fourth-order valence-electron chi connectivity index (χ4n) is 5.08. The maximum atomic E-state index is 12.9. The number of carbonyl (C=O) groups excluding carboxylic acids is 1. The number of carbonyl (C=O) groups is 1. The van der Waals surface area contributed by atoms with Crippen LogP contribution in [0.4, 0.5) is 0 Å². The maximum absolute atomic E-state index is 12.9. The first-order valence-corrected chi connectivity index (χ1v) is 10.2. The van der Waals surface area contributed by atoms with Crippen LogP contribution in [-0.4, -0.2) is 27.8 Å². The highest BCUT2D eigenvalue weighted by atomic mass is 16.1. The molecule has 2 atom stereocenters. The number of benzene rings is 1. The predicted molar refractivity (Wildman–Crippen MR) is 107 cm³/mol. The molecule has 0 saturated heterocycles. The van der Waals surface area contributed by atoms with E-state index in [-0.39, 0.29) is 11.9 Å². The molecule has 1 amide bonds. The molecule has 144 valence electrons. The van der Waals surface area contributed by atoms with Crippen molar-refractivity contribution in [3.63, 3.8) is 0 Å². The molecule has 1 aromatic heterocycles. The lowest BCUT2D eigenvalue weighted by molar-refractivity contribution is 0.0756. The van der Waals surface area contributed by atoms with E-state index in [1.807, 2.05) is 29.8 Å². The molecule has 2 fully saturated rings. The number of aromatic nitrogens is 2. The highest BCUT2D eigenvalue weighted by Crippen LogP contribution is 2.39. The number of hydrogen-bond donors (Lipinski definition) is 2. The van der Waals surface area contributed by atoms with Crippen LogP contribution in [-0.2, 0) is 6.54 Å². The van der Waals surface area contributed by atoms with Crippen molar-refractivity contribution in [2.75, 3.05) is 0 Å². The van der Waals surface area contributed by atoms with Crippen LogP contribution in [0.5, 0.6) is 0 Å². The number of rotatable bonds is 4. The van der Waals surface area contributed by atoms with Gasteiger partial charge in [0, 0.05) is 23.3 Å². The summed E-state index contributed by atoms with van der Waals surface area (Å²) in [5.41, 5.74) is 10.2. The fraction of sp³-hybridized carbons (Fsp3) is 0.545. The van der Waals surface area contributed by atoms with E-state index in [9.17, 15) is 4.79 Å². The molecule has 5 nitrogen and oxygen atoms in total. The van der Waals surface area contributed by atoms with Gasteiger partial charge in [0.25, 0.3) is 5.91 Å². The van der Waals surface area contributed by atoms with Crippen molar-refractivity contribution in [1.82, 2.24) is 15.1 Å². The largest absolute Gasteiger partial charge is 0.349 e. The van der Waals surface area contributed by atoms with Crippen molar-refractivity contribution in [3.05, 3.63) is 52.8 Å². The first-order chi connectivity index (χ1) is 13.0. The zero-order chi connectivity index (χ0) is 19.0. The second-order valence-corrected chi connectivity index (χ2v) is 8.47. The number of amides is 1. The third-order valence-electron chi connectivity index (χ3n) is 6.30. The van der Waals surface area contributed by atoms with E-state index in [2.05, 4.69) is 29.5 Å². The Morgan fingerprint density at radius 3 is 2.63 bits per heavy atom. The second kappa shape index (κ2) is 7.47. The van der Waals surface area contributed by atoms with Gasteiger partial charge in [-0.1, -0.05) is 18.6 Å². The Bertz CT molecular complexity index is 813. The SMILES string of the molecule is Cc1cc(C)n(Cc2cccc(C(=O)NC3C4CCCC3CC(N)C4)c2)n1. The van der Waals surface area contributed by atoms with E-state index >= 15 is 0 Å². The van der Waals surface area contributed by atoms with Crippen LogP contribution >= 0.6 is 0 Å². The predicted octanol–water partition coefficient (Wildman–Crippen LogP) is 3.18. The molecule has 1 heterocycles. The molecule has 0 spiro atoms. The van der Waals surface area contributed by atoms with Gasteiger partial charge in [0.2, 0.25) is 0 Å². The lowest BCUT2D eigenvalue weighted by atomic mass is 9.67. The molecule has 2 aliphatic carbocycles. The molecule has 5 heteroatoms. The van der Waals surface area contributed by atoms with Crippen LogP contribution in [0.1, 0.15) is 59.4 Å². The summed E-state index contributed by atoms with van der Waals surface area (Å²) in [6, 6.07) is 10.6. The Hall–Kier alpha value is -2.14. The van der Waals surface area contributed by atoms with E-state index in [1.54, 1.807) is 0 Å². The smallest absolute Gasteiger partial charge is 0.251 e. The summed E-state index contributed by atoms with van der Waals surface area (Å²) in [6.07, 6.45) is 5.73. The van der Waals surface area contributed by atoms with Gasteiger partial charge in [0.1, 0.15) is 0 Å². The molecule has 2 unspecified atom stereocenters. The van der Waals surface area contributed by atoms with Crippen LogP contribution in [0, 0.1) is 25.7 Å². The quantitative estimate of drug-likeness (QED) is 0.873. The van der Waals surface area contributed by atoms with Gasteiger partial charge >= 0.3 is 0 Å². The Kier molecular flexibility index (Phi) is 5.04. The topological polar surface area (TPSA) is 72.9 Å². The van der Waals surface area contributed by atoms with Crippen LogP contribution in [0.2, 0.25) is 0 Å². The number of aryl methyl sites for hydroxylation is 2. The molecule has 2 saturated carbocycles. The van der Waals surface area contributed by atoms with Gasteiger partial charge in [-0.3, -0.25) is 9.48 Å². The van der Waals surface area contributed by atoms with Gasteiger partial charge in [0.05, 0.1) is 12.2 Å². The Balaban J connectivity index is 1.47. The molecular formula is C22H30N4O. The summed E-state index contributed by atoms with van der Waals surface area (Å²) in [7, 11) is 0. The van der Waals surface area contributed by atoms with Crippen LogP contribution in [0.15, 0.2) is 30.3 Å². The molecular weight excluding hydrogens is 336 g/mol. The van der Waals surface area contributed by atoms with Gasteiger partial charge in [0.15, 0.2) is 0 Å². The number of nitrogens with one attached hydrogen (secondary N) is 1. The second-order valence-electron chi connectivity index (χ2n) is 8.47. The van der Waals surface area contributed by atoms with Gasteiger partial charge in [-0.2, -0.15) is 5.10 Å². The summed E-state index contributed by atoms with van der Waals surface area (Å²) < 4.78 is 1.99. The summed E-state index contributed by atoms with van der Waals surface area (Å²) in [4.78, 5) is 12.9. The highest BCUT2D eigenvalue weighted by molar-refractivity contribution is 5.94. The summed E-state index contributed by atoms with van der Waals surface area (Å²) >= 11 is 0. The van der Waals surface area contributed by atoms with Crippen molar-refractivity contribution in [1.29, 1.82) is 0 Å². The van der Waals surface area contributed by atoms with Crippen molar-refractivity contribution in [3.8, 4) is 0 Å². The minimum absolute atomic E-state index is 0.0441. The van der Waals surface area contributed by atoms with E-state index in [0.717, 1.165) is 35.4 Å². The molecule has 2 aliphatic rings. The average molecular weight is 367 g/mol. The number of fused-ring (bicyclic) bond motifs is 2. The monoisotopic (exact) mass is 366 g/mol. The molecule has 0 aliphatic heterocycles. The summed E-state index contributed by atoms with van der Waals surface area (Å²) in [5.74, 6) is 1.12. The van der Waals surface area contributed by atoms with E-state index < -0.39 is 0 Å². The average Bonchev–Trinajstić information content (AvgIpc) is 2.93. The fourth-order valence-corrected chi connectivity index (χ4v) is 5.08. The minimum atomic E-state index is 0.0441. The molecule has 1 aromatic carbocycles. The van der Waals surface area contributed by atoms with Gasteiger partial charge < -0.3 is 11.1 Å². The summed E-state index contributed by atoms with van der Waals surface area (Å²) in [5, 5.41) is 7.87. The third-order valence-corrected chi connectivity index (χ3v) is 6.30. The molecule has 0 radical (unpaired) electrons. The normalized spacial score (nSPS) is 27.4. The molecule has 2 aromatic rings. The summed E-state index contributed by atoms with van der Waals surface area (Å²) in [6.45, 7) is 4.74. The first kappa shape index (κ1) is 18.2. The number of nitrogens with zero attached hydrogens (tertiary/aromatic N) is 2. The van der Waals surface area contributed by atoms with Crippen molar-refractivity contribution >= 4 is 5.91 Å². The Morgan fingerprint density at radius 1 is 1.22 bits per heavy atom. The molecule has 4 rings (SSSR count). The van der Waals surface area contributed by atoms with E-state index in [1.165, 1.54) is 19.3 Å². The van der Waals surface area contributed by atoms with Gasteiger partial charge in [-0.25, -0.2) is 0 Å². The van der Waals surface area contributed by atoms with Gasteiger partial charge in [-0.15, -0.1) is 0 Å². The Morgan fingerprint density at radius 2 is 1.96 bits per heavy atom. The maximum Gasteiger partial charge on any atom is 0.251 e. The molecule has 2 bridgehead atoms. The van der Waals surface area contributed by atoms with Gasteiger partial charge in [-0.05, 0) is 75.1 Å². The lowest BCUT2D eigenvalue weighted by Crippen LogP contribution is -2.53.